The van der Waals surface area contributed by atoms with E-state index in [1.54, 1.807) is 7.11 Å². The molecular weight excluding hydrogens is 250 g/mol. The average molecular weight is 275 g/mol. The van der Waals surface area contributed by atoms with Crippen molar-refractivity contribution in [3.05, 3.63) is 11.8 Å². The van der Waals surface area contributed by atoms with Crippen LogP contribution in [0, 0.1) is 17.8 Å². The molecule has 20 heavy (non-hydrogen) atoms. The van der Waals surface area contributed by atoms with Gasteiger partial charge < -0.3 is 10.1 Å². The Kier molecular flexibility index (Phi) is 2.85. The lowest BCUT2D eigenvalue weighted by atomic mass is 9.53. The van der Waals surface area contributed by atoms with Crippen molar-refractivity contribution in [1.82, 2.24) is 15.1 Å². The van der Waals surface area contributed by atoms with E-state index in [1.165, 1.54) is 44.1 Å². The number of ether oxygens (including phenoxy) is 1. The van der Waals surface area contributed by atoms with Gasteiger partial charge in [-0.3, -0.25) is 0 Å². The first-order valence-electron chi connectivity index (χ1n) is 8.00. The molecule has 4 saturated carbocycles. The molecule has 0 radical (unpaired) electrons. The van der Waals surface area contributed by atoms with E-state index in [9.17, 15) is 0 Å². The van der Waals surface area contributed by atoms with Gasteiger partial charge in [-0.15, -0.1) is 0 Å². The quantitative estimate of drug-likeness (QED) is 0.918. The highest BCUT2D eigenvalue weighted by atomic mass is 16.5. The SMILES string of the molecule is CNCc1cnn(C23CC4CC(CC(C4)C2)C3)c1OC. The van der Waals surface area contributed by atoms with Crippen LogP contribution in [0.25, 0.3) is 0 Å². The van der Waals surface area contributed by atoms with Gasteiger partial charge in [-0.1, -0.05) is 0 Å². The van der Waals surface area contributed by atoms with Crippen molar-refractivity contribution in [2.75, 3.05) is 14.2 Å². The average Bonchev–Trinajstić information content (AvgIpc) is 2.81. The van der Waals surface area contributed by atoms with Crippen LogP contribution in [0.4, 0.5) is 0 Å². The molecule has 4 nitrogen and oxygen atoms in total. The molecule has 0 atom stereocenters. The molecule has 1 aromatic rings. The molecule has 0 saturated heterocycles. The van der Waals surface area contributed by atoms with Gasteiger partial charge in [0.25, 0.3) is 0 Å². The molecule has 0 unspecified atom stereocenters. The maximum absolute atomic E-state index is 5.72. The Balaban J connectivity index is 1.73. The fourth-order valence-electron chi connectivity index (χ4n) is 5.56. The van der Waals surface area contributed by atoms with Crippen molar-refractivity contribution >= 4 is 0 Å². The first kappa shape index (κ1) is 12.7. The molecule has 1 aromatic heterocycles. The number of methoxy groups -OCH3 is 1. The monoisotopic (exact) mass is 275 g/mol. The second-order valence-electron chi connectivity index (χ2n) is 7.26. The van der Waals surface area contributed by atoms with Gasteiger partial charge in [0.1, 0.15) is 0 Å². The van der Waals surface area contributed by atoms with Gasteiger partial charge >= 0.3 is 0 Å². The number of nitrogens with one attached hydrogen (secondary N) is 1. The number of nitrogens with zero attached hydrogens (tertiary/aromatic N) is 2. The van der Waals surface area contributed by atoms with Crippen LogP contribution in [0.2, 0.25) is 0 Å². The second-order valence-corrected chi connectivity index (χ2v) is 7.26. The van der Waals surface area contributed by atoms with E-state index in [-0.39, 0.29) is 5.54 Å². The van der Waals surface area contributed by atoms with Crippen molar-refractivity contribution in [3.63, 3.8) is 0 Å². The van der Waals surface area contributed by atoms with Crippen molar-refractivity contribution in [1.29, 1.82) is 0 Å². The summed E-state index contributed by atoms with van der Waals surface area (Å²) in [6, 6.07) is 0. The largest absolute Gasteiger partial charge is 0.481 e. The summed E-state index contributed by atoms with van der Waals surface area (Å²) in [7, 11) is 3.76. The molecule has 0 spiro atoms. The van der Waals surface area contributed by atoms with Gasteiger partial charge in [0.2, 0.25) is 5.88 Å². The zero-order valence-corrected chi connectivity index (χ0v) is 12.6. The summed E-state index contributed by atoms with van der Waals surface area (Å²) < 4.78 is 7.97. The van der Waals surface area contributed by atoms with Gasteiger partial charge in [-0.25, -0.2) is 4.68 Å². The highest BCUT2D eigenvalue weighted by Crippen LogP contribution is 2.59. The number of rotatable bonds is 4. The lowest BCUT2D eigenvalue weighted by Gasteiger charge is -2.56. The molecule has 0 aromatic carbocycles. The Hall–Kier alpha value is -1.03. The summed E-state index contributed by atoms with van der Waals surface area (Å²) in [6.45, 7) is 0.829. The van der Waals surface area contributed by atoms with Crippen LogP contribution in [0.1, 0.15) is 44.1 Å². The Morgan fingerprint density at radius 2 is 1.85 bits per heavy atom. The Morgan fingerprint density at radius 1 is 1.25 bits per heavy atom. The topological polar surface area (TPSA) is 39.1 Å². The summed E-state index contributed by atoms with van der Waals surface area (Å²) in [5.41, 5.74) is 1.44. The van der Waals surface area contributed by atoms with E-state index in [0.717, 1.165) is 30.2 Å². The van der Waals surface area contributed by atoms with Gasteiger partial charge in [0, 0.05) is 12.1 Å². The highest BCUT2D eigenvalue weighted by molar-refractivity contribution is 5.27. The summed E-state index contributed by atoms with van der Waals surface area (Å²) in [6.07, 6.45) is 10.3. The van der Waals surface area contributed by atoms with Gasteiger partial charge in [-0.2, -0.15) is 5.10 Å². The molecule has 110 valence electrons. The third-order valence-electron chi connectivity index (χ3n) is 5.81. The summed E-state index contributed by atoms with van der Waals surface area (Å²) >= 11 is 0. The maximum atomic E-state index is 5.72. The lowest BCUT2D eigenvalue weighted by molar-refractivity contribution is -0.0525. The Bertz CT molecular complexity index is 473. The standard InChI is InChI=1S/C16H25N3O/c1-17-9-14-10-18-19(15(14)20-2)16-6-11-3-12(7-16)5-13(4-11)8-16/h10-13,17H,3-9H2,1-2H3. The second kappa shape index (κ2) is 4.48. The Morgan fingerprint density at radius 3 is 2.35 bits per heavy atom. The van der Waals surface area contributed by atoms with Crippen LogP contribution in [-0.2, 0) is 12.1 Å². The lowest BCUT2D eigenvalue weighted by Crippen LogP contribution is -2.52. The number of hydrogen-bond acceptors (Lipinski definition) is 3. The van der Waals surface area contributed by atoms with Crippen LogP contribution in [0.15, 0.2) is 6.20 Å². The normalized spacial score (nSPS) is 38.4. The summed E-state index contributed by atoms with van der Waals surface area (Å²) in [5, 5.41) is 7.96. The zero-order valence-electron chi connectivity index (χ0n) is 12.6. The van der Waals surface area contributed by atoms with E-state index in [2.05, 4.69) is 10.00 Å². The number of aromatic nitrogens is 2. The van der Waals surface area contributed by atoms with Gasteiger partial charge in [-0.05, 0) is 63.3 Å². The van der Waals surface area contributed by atoms with E-state index < -0.39 is 0 Å². The maximum Gasteiger partial charge on any atom is 0.216 e. The molecule has 1 heterocycles. The minimum Gasteiger partial charge on any atom is -0.481 e. The third kappa shape index (κ3) is 1.73. The number of hydrogen-bond donors (Lipinski definition) is 1. The highest BCUT2D eigenvalue weighted by Gasteiger charge is 2.53. The fraction of sp³-hybridized carbons (Fsp3) is 0.812. The zero-order chi connectivity index (χ0) is 13.7. The van der Waals surface area contributed by atoms with E-state index >= 15 is 0 Å². The molecule has 4 aliphatic rings. The first-order chi connectivity index (χ1) is 9.74. The molecular formula is C16H25N3O. The molecule has 4 heteroatoms. The van der Waals surface area contributed by atoms with Crippen molar-refractivity contribution < 1.29 is 4.74 Å². The van der Waals surface area contributed by atoms with Gasteiger partial charge in [0.05, 0.1) is 18.8 Å². The van der Waals surface area contributed by atoms with Crippen LogP contribution in [-0.4, -0.2) is 23.9 Å². The third-order valence-corrected chi connectivity index (χ3v) is 5.81. The van der Waals surface area contributed by atoms with Crippen LogP contribution in [0.3, 0.4) is 0 Å². The first-order valence-corrected chi connectivity index (χ1v) is 8.00. The van der Waals surface area contributed by atoms with Crippen molar-refractivity contribution in [3.8, 4) is 5.88 Å². The van der Waals surface area contributed by atoms with E-state index in [4.69, 9.17) is 9.84 Å². The molecule has 4 aliphatic carbocycles. The fourth-order valence-corrected chi connectivity index (χ4v) is 5.56. The molecule has 0 aliphatic heterocycles. The van der Waals surface area contributed by atoms with Crippen molar-refractivity contribution in [2.45, 2.75) is 50.6 Å². The molecule has 5 rings (SSSR count). The summed E-state index contributed by atoms with van der Waals surface area (Å²) in [4.78, 5) is 0. The molecule has 0 amide bonds. The molecule has 4 fully saturated rings. The molecule has 4 bridgehead atoms. The van der Waals surface area contributed by atoms with Gasteiger partial charge in [0.15, 0.2) is 0 Å². The predicted octanol–water partition coefficient (Wildman–Crippen LogP) is 2.54. The smallest absolute Gasteiger partial charge is 0.216 e. The predicted molar refractivity (Wildman–Crippen MR) is 77.7 cm³/mol. The van der Waals surface area contributed by atoms with E-state index in [1.807, 2.05) is 13.2 Å². The minimum absolute atomic E-state index is 0.256. The van der Waals surface area contributed by atoms with Crippen molar-refractivity contribution in [2.24, 2.45) is 17.8 Å². The molecule has 1 N–H and O–H groups in total. The summed E-state index contributed by atoms with van der Waals surface area (Å²) in [5.74, 6) is 3.79. The Labute approximate surface area is 120 Å². The van der Waals surface area contributed by atoms with Crippen LogP contribution < -0.4 is 10.1 Å². The van der Waals surface area contributed by atoms with Crippen LogP contribution in [0.5, 0.6) is 5.88 Å². The minimum atomic E-state index is 0.256. The van der Waals surface area contributed by atoms with E-state index in [0.29, 0.717) is 0 Å². The van der Waals surface area contributed by atoms with Crippen LogP contribution >= 0.6 is 0 Å².